The fraction of sp³-hybridized carbons (Fsp3) is 0.571. The third-order valence-corrected chi connectivity index (χ3v) is 8.00. The van der Waals surface area contributed by atoms with Crippen molar-refractivity contribution in [1.82, 2.24) is 0 Å². The average Bonchev–Trinajstić information content (AvgIpc) is 2.88. The summed E-state index contributed by atoms with van der Waals surface area (Å²) < 4.78 is 2.18. The number of aromatic hydroxyl groups is 1. The van der Waals surface area contributed by atoms with E-state index in [0.29, 0.717) is 29.3 Å². The normalized spacial score (nSPS) is 34.9. The Labute approximate surface area is 160 Å². The summed E-state index contributed by atoms with van der Waals surface area (Å²) in [5, 5.41) is 10.3. The Morgan fingerprint density at radius 1 is 1.29 bits per heavy atom. The van der Waals surface area contributed by atoms with E-state index in [-0.39, 0.29) is 5.41 Å². The first-order valence-corrected chi connectivity index (χ1v) is 11.5. The number of ketones is 1. The van der Waals surface area contributed by atoms with Crippen LogP contribution in [0.3, 0.4) is 0 Å². The molecular formula is C21H25O2Pb. The molecule has 2 saturated carbocycles. The van der Waals surface area contributed by atoms with E-state index >= 15 is 0 Å². The monoisotopic (exact) mass is 517 g/mol. The summed E-state index contributed by atoms with van der Waals surface area (Å²) in [5.41, 5.74) is 3.84. The maximum atomic E-state index is 12.4. The zero-order valence-corrected chi connectivity index (χ0v) is 18.2. The third kappa shape index (κ3) is 2.51. The standard InChI is InChI=1S/C21H25O2.Pb/c1-3-4-14-11-17-13(12-19(14)22)5-6-16-15(17)9-10-21(2)18(16)7-8-20(21)23;/h1,3,11-12,15-16,18,22H,4-10H2,2H3;. The molecule has 2 nitrogen and oxygen atoms in total. The summed E-state index contributed by atoms with van der Waals surface area (Å²) in [6, 6.07) is 4.30. The van der Waals surface area contributed by atoms with Crippen LogP contribution < -0.4 is 0 Å². The van der Waals surface area contributed by atoms with Crippen LogP contribution in [-0.2, 0) is 17.6 Å². The Bertz CT molecular complexity index is 708. The molecule has 0 aliphatic heterocycles. The quantitative estimate of drug-likeness (QED) is 0.603. The Morgan fingerprint density at radius 3 is 2.92 bits per heavy atom. The number of benzene rings is 1. The molecule has 0 heterocycles. The van der Waals surface area contributed by atoms with E-state index in [4.69, 9.17) is 0 Å². The van der Waals surface area contributed by atoms with Gasteiger partial charge in [0.1, 0.15) is 0 Å². The van der Waals surface area contributed by atoms with Crippen LogP contribution in [0.4, 0.5) is 0 Å². The van der Waals surface area contributed by atoms with Crippen LogP contribution in [0.15, 0.2) is 21.8 Å². The molecule has 0 spiro atoms. The molecule has 0 amide bonds. The van der Waals surface area contributed by atoms with Gasteiger partial charge in [0.15, 0.2) is 0 Å². The molecule has 0 aromatic heterocycles. The Balaban J connectivity index is 1.70. The van der Waals surface area contributed by atoms with Crippen molar-refractivity contribution in [3.8, 4) is 5.75 Å². The number of carbonyl (C=O) groups is 1. The van der Waals surface area contributed by atoms with E-state index in [1.165, 1.54) is 17.5 Å². The molecular weight excluding hydrogens is 491 g/mol. The first-order chi connectivity index (χ1) is 11.5. The van der Waals surface area contributed by atoms with Crippen LogP contribution in [0.5, 0.6) is 5.75 Å². The molecule has 1 aromatic rings. The van der Waals surface area contributed by atoms with Gasteiger partial charge in [0, 0.05) is 0 Å². The zero-order chi connectivity index (χ0) is 16.9. The molecule has 125 valence electrons. The van der Waals surface area contributed by atoms with Gasteiger partial charge in [-0.15, -0.1) is 0 Å². The van der Waals surface area contributed by atoms with E-state index in [9.17, 15) is 9.90 Å². The maximum absolute atomic E-state index is 12.4. The van der Waals surface area contributed by atoms with Gasteiger partial charge in [-0.05, 0) is 0 Å². The number of fused-ring (bicyclic) bond motifs is 5. The number of rotatable bonds is 2. The number of phenols is 1. The predicted octanol–water partition coefficient (Wildman–Crippen LogP) is 4.04. The van der Waals surface area contributed by atoms with Gasteiger partial charge in [0.25, 0.3) is 0 Å². The van der Waals surface area contributed by atoms with E-state index < -0.39 is 0 Å². The molecule has 4 unspecified atom stereocenters. The van der Waals surface area contributed by atoms with E-state index in [0.717, 1.165) is 69.9 Å². The number of hydrogen-bond donors (Lipinski definition) is 1. The van der Waals surface area contributed by atoms with Crippen molar-refractivity contribution in [2.45, 2.75) is 57.8 Å². The molecule has 2 fully saturated rings. The Kier molecular flexibility index (Phi) is 4.38. The molecule has 3 radical (unpaired) electrons. The van der Waals surface area contributed by atoms with Crippen molar-refractivity contribution in [3.05, 3.63) is 38.5 Å². The fourth-order valence-corrected chi connectivity index (χ4v) is 6.23. The second-order valence-electron chi connectivity index (χ2n) is 8.12. The van der Waals surface area contributed by atoms with Crippen molar-refractivity contribution in [2.75, 3.05) is 0 Å². The van der Waals surface area contributed by atoms with Gasteiger partial charge in [-0.1, -0.05) is 0 Å². The Hall–Kier alpha value is -0.648. The van der Waals surface area contributed by atoms with E-state index in [1.807, 2.05) is 6.07 Å². The number of allylic oxidation sites excluding steroid dienone is 1. The van der Waals surface area contributed by atoms with Gasteiger partial charge in [0.05, 0.1) is 0 Å². The van der Waals surface area contributed by atoms with Crippen LogP contribution in [0.25, 0.3) is 0 Å². The minimum atomic E-state index is -0.0476. The molecule has 3 aliphatic carbocycles. The van der Waals surface area contributed by atoms with Gasteiger partial charge in [-0.25, -0.2) is 0 Å². The summed E-state index contributed by atoms with van der Waals surface area (Å²) >= 11 is 1.06. The summed E-state index contributed by atoms with van der Waals surface area (Å²) in [6.45, 7) is 2.23. The predicted molar refractivity (Wildman–Crippen MR) is 96.3 cm³/mol. The van der Waals surface area contributed by atoms with E-state index in [2.05, 4.69) is 22.7 Å². The summed E-state index contributed by atoms with van der Waals surface area (Å²) in [7, 11) is 0. The van der Waals surface area contributed by atoms with Gasteiger partial charge >= 0.3 is 161 Å². The topological polar surface area (TPSA) is 37.3 Å². The molecule has 3 aliphatic rings. The summed E-state index contributed by atoms with van der Waals surface area (Å²) in [5.74, 6) is 2.81. The molecule has 1 aromatic carbocycles. The van der Waals surface area contributed by atoms with Crippen LogP contribution >= 0.6 is 0 Å². The van der Waals surface area contributed by atoms with Crippen molar-refractivity contribution in [2.24, 2.45) is 17.3 Å². The van der Waals surface area contributed by atoms with Crippen LogP contribution in [0.2, 0.25) is 0 Å². The average molecular weight is 517 g/mol. The van der Waals surface area contributed by atoms with Crippen molar-refractivity contribution >= 4 is 31.6 Å². The molecule has 0 bridgehead atoms. The second kappa shape index (κ2) is 6.26. The number of carbonyl (C=O) groups excluding carboxylic acids is 1. The zero-order valence-electron chi connectivity index (χ0n) is 14.3. The molecule has 24 heavy (non-hydrogen) atoms. The van der Waals surface area contributed by atoms with Crippen LogP contribution in [-0.4, -0.2) is 36.7 Å². The summed E-state index contributed by atoms with van der Waals surface area (Å²) in [4.78, 5) is 12.4. The SMILES string of the molecule is CC12CCC3c4cc(C/C=[CH]/[Pb])c(O)cc4CCC3C1CCC2=O. The van der Waals surface area contributed by atoms with Crippen molar-refractivity contribution in [3.63, 3.8) is 0 Å². The van der Waals surface area contributed by atoms with Gasteiger partial charge in [-0.3, -0.25) is 0 Å². The molecule has 3 heteroatoms. The fourth-order valence-electron chi connectivity index (χ4n) is 5.78. The van der Waals surface area contributed by atoms with Crippen LogP contribution in [0, 0.1) is 17.3 Å². The van der Waals surface area contributed by atoms with Crippen molar-refractivity contribution < 1.29 is 9.90 Å². The number of phenolic OH excluding ortho intramolecular Hbond substituents is 1. The molecule has 1 N–H and O–H groups in total. The number of aryl methyl sites for hydroxylation is 1. The Morgan fingerprint density at radius 2 is 2.12 bits per heavy atom. The molecule has 4 atom stereocenters. The van der Waals surface area contributed by atoms with Gasteiger partial charge in [-0.2, -0.15) is 0 Å². The van der Waals surface area contributed by atoms with E-state index in [1.54, 1.807) is 0 Å². The van der Waals surface area contributed by atoms with Gasteiger partial charge < -0.3 is 0 Å². The minimum absolute atomic E-state index is 0.0476. The molecule has 0 saturated heterocycles. The molecule has 4 rings (SSSR count). The summed E-state index contributed by atoms with van der Waals surface area (Å²) in [6.07, 6.45) is 9.32. The van der Waals surface area contributed by atoms with Crippen molar-refractivity contribution in [1.29, 1.82) is 0 Å². The number of Topliss-reactive ketones (excluding diaryl/α,β-unsaturated/α-hetero) is 1. The first kappa shape index (κ1) is 16.8. The number of hydrogen-bond acceptors (Lipinski definition) is 2. The van der Waals surface area contributed by atoms with Gasteiger partial charge in [0.2, 0.25) is 0 Å². The van der Waals surface area contributed by atoms with Crippen LogP contribution in [0.1, 0.15) is 61.6 Å². The first-order valence-electron chi connectivity index (χ1n) is 9.25. The second-order valence-corrected chi connectivity index (χ2v) is 9.42. The third-order valence-electron chi connectivity index (χ3n) is 7.09.